The Morgan fingerprint density at radius 3 is 1.40 bits per heavy atom. The number of carbonyl (C=O) groups excluding carboxylic acids is 2. The average Bonchev–Trinajstić information content (AvgIpc) is 3.26. The summed E-state index contributed by atoms with van der Waals surface area (Å²) < 4.78 is 5.82. The number of amides is 1. The van der Waals surface area contributed by atoms with Gasteiger partial charge in [-0.05, 0) is 44.9 Å². The van der Waals surface area contributed by atoms with Crippen molar-refractivity contribution >= 4 is 11.9 Å². The molecule has 0 aliphatic heterocycles. The van der Waals surface area contributed by atoms with E-state index >= 15 is 0 Å². The van der Waals surface area contributed by atoms with Crippen LogP contribution in [0.2, 0.25) is 0 Å². The minimum atomic E-state index is -0.828. The van der Waals surface area contributed by atoms with Crippen molar-refractivity contribution in [3.8, 4) is 0 Å². The minimum absolute atomic E-state index is 0.0347. The van der Waals surface area contributed by atoms with Gasteiger partial charge in [0.15, 0.2) is 0 Å². The van der Waals surface area contributed by atoms with Gasteiger partial charge in [0.1, 0.15) is 6.10 Å². The Morgan fingerprint density at radius 1 is 0.500 bits per heavy atom. The third-order valence-electron chi connectivity index (χ3n) is 10.8. The Bertz CT molecular complexity index is 1280. The van der Waals surface area contributed by atoms with Crippen molar-refractivity contribution in [2.24, 2.45) is 0 Å². The highest BCUT2D eigenvalue weighted by atomic mass is 16.5. The maximum Gasteiger partial charge on any atom is 0.306 e. The second-order valence-corrected chi connectivity index (χ2v) is 16.7. The van der Waals surface area contributed by atoms with E-state index in [1.54, 1.807) is 0 Å². The number of hydrogen-bond acceptors (Lipinski definition) is 5. The van der Waals surface area contributed by atoms with Crippen LogP contribution >= 0.6 is 0 Å². The largest absolute Gasteiger partial charge is 0.461 e. The van der Waals surface area contributed by atoms with Crippen LogP contribution in [0.25, 0.3) is 0 Å². The molecule has 0 aromatic rings. The molecule has 0 aromatic heterocycles. The highest BCUT2D eigenvalue weighted by Crippen LogP contribution is 2.16. The number of carbonyl (C=O) groups is 2. The van der Waals surface area contributed by atoms with Gasteiger partial charge >= 0.3 is 5.97 Å². The Balaban J connectivity index is 4.71. The van der Waals surface area contributed by atoms with Crippen LogP contribution in [0.1, 0.15) is 207 Å². The number of esters is 1. The normalized spacial score (nSPS) is 14.2. The molecule has 352 valence electrons. The van der Waals surface area contributed by atoms with Gasteiger partial charge in [-0.3, -0.25) is 9.59 Å². The van der Waals surface area contributed by atoms with E-state index in [2.05, 4.69) is 80.8 Å². The fourth-order valence-electron chi connectivity index (χ4n) is 6.99. The lowest BCUT2D eigenvalue weighted by atomic mass is 10.0. The van der Waals surface area contributed by atoms with E-state index in [1.165, 1.54) is 89.9 Å². The van der Waals surface area contributed by atoms with Gasteiger partial charge in [0.05, 0.1) is 25.2 Å². The molecule has 3 unspecified atom stereocenters. The van der Waals surface area contributed by atoms with Crippen molar-refractivity contribution in [3.63, 3.8) is 0 Å². The maximum absolute atomic E-state index is 13.1. The van der Waals surface area contributed by atoms with Crippen LogP contribution in [-0.2, 0) is 14.3 Å². The van der Waals surface area contributed by atoms with E-state index in [-0.39, 0.29) is 24.9 Å². The zero-order valence-corrected chi connectivity index (χ0v) is 40.0. The van der Waals surface area contributed by atoms with E-state index in [9.17, 15) is 19.8 Å². The molecule has 6 nitrogen and oxygen atoms in total. The van der Waals surface area contributed by atoms with E-state index in [1.807, 2.05) is 54.7 Å². The fraction of sp³-hybridized carbons (Fsp3) is 0.643. The summed E-state index contributed by atoms with van der Waals surface area (Å²) in [5.41, 5.74) is 0. The summed E-state index contributed by atoms with van der Waals surface area (Å²) in [6.07, 6.45) is 65.9. The summed E-state index contributed by atoms with van der Waals surface area (Å²) >= 11 is 0. The summed E-state index contributed by atoms with van der Waals surface area (Å²) in [5, 5.41) is 23.7. The minimum Gasteiger partial charge on any atom is -0.461 e. The average molecular weight is 860 g/mol. The van der Waals surface area contributed by atoms with Gasteiger partial charge in [-0.25, -0.2) is 0 Å². The lowest BCUT2D eigenvalue weighted by Crippen LogP contribution is -2.46. The Kier molecular flexibility index (Phi) is 45.8. The first-order valence-electron chi connectivity index (χ1n) is 25.2. The van der Waals surface area contributed by atoms with Crippen molar-refractivity contribution < 1.29 is 24.5 Å². The van der Waals surface area contributed by atoms with Crippen LogP contribution in [0.3, 0.4) is 0 Å². The molecule has 3 N–H and O–H groups in total. The summed E-state index contributed by atoms with van der Waals surface area (Å²) in [6, 6.07) is -0.751. The molecule has 0 aliphatic carbocycles. The molecule has 0 saturated carbocycles. The van der Waals surface area contributed by atoms with Crippen molar-refractivity contribution in [1.29, 1.82) is 0 Å². The van der Waals surface area contributed by atoms with Gasteiger partial charge in [0.25, 0.3) is 0 Å². The first-order valence-corrected chi connectivity index (χ1v) is 25.2. The molecule has 62 heavy (non-hydrogen) atoms. The molecular formula is C56H93NO5. The quantitative estimate of drug-likeness (QED) is 0.0322. The van der Waals surface area contributed by atoms with Crippen LogP contribution in [-0.4, -0.2) is 46.9 Å². The van der Waals surface area contributed by atoms with Crippen LogP contribution in [0, 0.1) is 0 Å². The second kappa shape index (κ2) is 48.6. The van der Waals surface area contributed by atoms with Crippen molar-refractivity contribution in [2.75, 3.05) is 6.61 Å². The van der Waals surface area contributed by atoms with Crippen LogP contribution in [0.5, 0.6) is 0 Å². The zero-order valence-electron chi connectivity index (χ0n) is 40.0. The second-order valence-electron chi connectivity index (χ2n) is 16.7. The van der Waals surface area contributed by atoms with Gasteiger partial charge in [-0.2, -0.15) is 0 Å². The summed E-state index contributed by atoms with van der Waals surface area (Å²) in [6.45, 7) is 6.24. The number of nitrogens with one attached hydrogen (secondary N) is 1. The SMILES string of the molecule is CC/C=C/C=C/C=C\C=C/C=C/CC(CC(=O)NC(CO)C(O)CCCCCCCCCCCCCCCC)OC(=O)CCCCCCC/C=C/C=C/C=C/C=C/CCCCC. The predicted molar refractivity (Wildman–Crippen MR) is 268 cm³/mol. The Hall–Kier alpha value is -3.48. The molecule has 0 rings (SSSR count). The molecule has 0 aromatic carbocycles. The summed E-state index contributed by atoms with van der Waals surface area (Å²) in [4.78, 5) is 26.0. The van der Waals surface area contributed by atoms with E-state index in [4.69, 9.17) is 4.74 Å². The molecule has 0 heterocycles. The molecule has 0 aliphatic rings. The molecular weight excluding hydrogens is 767 g/mol. The zero-order chi connectivity index (χ0) is 45.2. The van der Waals surface area contributed by atoms with Gasteiger partial charge < -0.3 is 20.3 Å². The third kappa shape index (κ3) is 43.2. The lowest BCUT2D eigenvalue weighted by Gasteiger charge is -2.24. The van der Waals surface area contributed by atoms with Crippen molar-refractivity contribution in [1.82, 2.24) is 5.32 Å². The first-order chi connectivity index (χ1) is 30.5. The fourth-order valence-corrected chi connectivity index (χ4v) is 6.99. The van der Waals surface area contributed by atoms with Crippen LogP contribution < -0.4 is 5.32 Å². The van der Waals surface area contributed by atoms with E-state index < -0.39 is 18.2 Å². The lowest BCUT2D eigenvalue weighted by molar-refractivity contribution is -0.150. The number of allylic oxidation sites excluding steroid dienone is 17. The monoisotopic (exact) mass is 860 g/mol. The Labute approximate surface area is 381 Å². The maximum atomic E-state index is 13.1. The van der Waals surface area contributed by atoms with Crippen LogP contribution in [0.15, 0.2) is 109 Å². The predicted octanol–water partition coefficient (Wildman–Crippen LogP) is 15.1. The van der Waals surface area contributed by atoms with Gasteiger partial charge in [-0.15, -0.1) is 0 Å². The molecule has 0 spiro atoms. The third-order valence-corrected chi connectivity index (χ3v) is 10.8. The molecule has 1 amide bonds. The highest BCUT2D eigenvalue weighted by molar-refractivity contribution is 5.77. The molecule has 0 bridgehead atoms. The summed E-state index contributed by atoms with van der Waals surface area (Å²) in [7, 11) is 0. The molecule has 6 heteroatoms. The number of unbranched alkanes of at least 4 members (excludes halogenated alkanes) is 21. The van der Waals surface area contributed by atoms with Gasteiger partial charge in [0, 0.05) is 12.8 Å². The standard InChI is InChI=1S/C56H93NO5/c1-4-7-10-13-16-19-22-24-26-27-28-29-31-34-37-40-43-46-49-56(61)62-52(47-44-41-38-35-32-21-18-15-12-9-6-3)50-55(60)57-53(51-58)54(59)48-45-42-39-36-33-30-25-23-20-17-14-11-8-5-2/h9,12,15-16,18-19,21-22,24,26-29,32,35,38,41,44,52-54,58-59H,4-8,10-11,13-14,17,20,23,25,30-31,33-34,36-37,39-40,42-43,45-51H2,1-3H3,(H,57,60)/b12-9+,18-15+,19-16+,24-22+,27-26+,29-28+,32-21-,38-35-,44-41+. The van der Waals surface area contributed by atoms with Gasteiger partial charge in [-0.1, -0.05) is 252 Å². The van der Waals surface area contributed by atoms with Crippen molar-refractivity contribution in [3.05, 3.63) is 109 Å². The highest BCUT2D eigenvalue weighted by Gasteiger charge is 2.23. The number of ether oxygens (including phenoxy) is 1. The number of aliphatic hydroxyl groups is 2. The van der Waals surface area contributed by atoms with Gasteiger partial charge in [0.2, 0.25) is 5.91 Å². The smallest absolute Gasteiger partial charge is 0.306 e. The number of rotatable bonds is 43. The topological polar surface area (TPSA) is 95.9 Å². The number of aliphatic hydroxyl groups excluding tert-OH is 2. The first kappa shape index (κ1) is 58.5. The Morgan fingerprint density at radius 2 is 0.903 bits per heavy atom. The van der Waals surface area contributed by atoms with E-state index in [0.717, 1.165) is 70.6 Å². The molecule has 3 atom stereocenters. The molecule has 0 fully saturated rings. The van der Waals surface area contributed by atoms with E-state index in [0.29, 0.717) is 19.3 Å². The summed E-state index contributed by atoms with van der Waals surface area (Å²) in [5.74, 6) is -0.644. The molecule has 0 radical (unpaired) electrons. The number of hydrogen-bond donors (Lipinski definition) is 3. The van der Waals surface area contributed by atoms with Crippen LogP contribution in [0.4, 0.5) is 0 Å². The molecule has 0 saturated heterocycles. The van der Waals surface area contributed by atoms with Crippen molar-refractivity contribution in [2.45, 2.75) is 225 Å².